The van der Waals surface area contributed by atoms with Crippen molar-refractivity contribution in [3.63, 3.8) is 0 Å². The topological polar surface area (TPSA) is 109 Å². The molecule has 31 heavy (non-hydrogen) atoms. The van der Waals surface area contributed by atoms with Gasteiger partial charge in [0.1, 0.15) is 0 Å². The lowest BCUT2D eigenvalue weighted by molar-refractivity contribution is 0.1000. The molecule has 0 aliphatic heterocycles. The summed E-state index contributed by atoms with van der Waals surface area (Å²) in [5.41, 5.74) is 7.08. The summed E-state index contributed by atoms with van der Waals surface area (Å²) in [5, 5.41) is 14.0. The van der Waals surface area contributed by atoms with Gasteiger partial charge < -0.3 is 16.2 Å². The number of nitrogens with one attached hydrogen (secondary N) is 1. The molecule has 6 nitrogen and oxygen atoms in total. The monoisotopic (exact) mass is 458 g/mol. The first-order chi connectivity index (χ1) is 14.8. The number of aliphatic hydroxyl groups is 1. The van der Waals surface area contributed by atoms with Crippen LogP contribution in [0, 0.1) is 0 Å². The SMILES string of the molecule is NC(=O)c1cccc(S(=O)(=O)c2ccc(CCNC[C@@H](O)c3cccc(Cl)c3)cc2)c1. The number of rotatable bonds is 9. The molecule has 3 aromatic rings. The first kappa shape index (κ1) is 23.0. The van der Waals surface area contributed by atoms with E-state index in [9.17, 15) is 18.3 Å². The van der Waals surface area contributed by atoms with Gasteiger partial charge in [-0.1, -0.05) is 41.9 Å². The Kier molecular flexibility index (Phi) is 7.46. The van der Waals surface area contributed by atoms with Crippen molar-refractivity contribution in [2.75, 3.05) is 13.1 Å². The van der Waals surface area contributed by atoms with Gasteiger partial charge in [0.2, 0.25) is 15.7 Å². The summed E-state index contributed by atoms with van der Waals surface area (Å²) in [7, 11) is -3.75. The van der Waals surface area contributed by atoms with Crippen molar-refractivity contribution in [1.29, 1.82) is 0 Å². The van der Waals surface area contributed by atoms with E-state index in [0.717, 1.165) is 11.1 Å². The predicted molar refractivity (Wildman–Crippen MR) is 120 cm³/mol. The number of hydrogen-bond donors (Lipinski definition) is 3. The van der Waals surface area contributed by atoms with Crippen molar-refractivity contribution in [2.45, 2.75) is 22.3 Å². The first-order valence-electron chi connectivity index (χ1n) is 9.65. The Morgan fingerprint density at radius 3 is 2.39 bits per heavy atom. The maximum absolute atomic E-state index is 12.8. The van der Waals surface area contributed by atoms with Gasteiger partial charge in [0.05, 0.1) is 15.9 Å². The van der Waals surface area contributed by atoms with Crippen molar-refractivity contribution in [1.82, 2.24) is 5.32 Å². The van der Waals surface area contributed by atoms with Crippen LogP contribution in [0.25, 0.3) is 0 Å². The van der Waals surface area contributed by atoms with Crippen LogP contribution in [0.3, 0.4) is 0 Å². The van der Waals surface area contributed by atoms with Crippen LogP contribution in [0.5, 0.6) is 0 Å². The van der Waals surface area contributed by atoms with Crippen LogP contribution in [0.15, 0.2) is 82.6 Å². The van der Waals surface area contributed by atoms with E-state index in [1.807, 2.05) is 6.07 Å². The molecule has 1 atom stereocenters. The number of benzene rings is 3. The number of hydrogen-bond acceptors (Lipinski definition) is 5. The lowest BCUT2D eigenvalue weighted by atomic mass is 10.1. The molecule has 0 heterocycles. The van der Waals surface area contributed by atoms with Gasteiger partial charge >= 0.3 is 0 Å². The first-order valence-corrected chi connectivity index (χ1v) is 11.5. The molecular weight excluding hydrogens is 436 g/mol. The fourth-order valence-corrected chi connectivity index (χ4v) is 4.60. The van der Waals surface area contributed by atoms with Crippen LogP contribution < -0.4 is 11.1 Å². The molecule has 0 aromatic heterocycles. The summed E-state index contributed by atoms with van der Waals surface area (Å²) in [5.74, 6) is -0.680. The number of carbonyl (C=O) groups excluding carboxylic acids is 1. The van der Waals surface area contributed by atoms with Gasteiger partial charge in [-0.25, -0.2) is 8.42 Å². The zero-order valence-corrected chi connectivity index (χ0v) is 18.2. The molecule has 0 saturated heterocycles. The number of carbonyl (C=O) groups is 1. The lowest BCUT2D eigenvalue weighted by Crippen LogP contribution is -2.23. The molecule has 0 radical (unpaired) electrons. The van der Waals surface area contributed by atoms with E-state index >= 15 is 0 Å². The Labute approximate surface area is 186 Å². The van der Waals surface area contributed by atoms with Crippen LogP contribution in [-0.4, -0.2) is 32.5 Å². The molecule has 3 aromatic carbocycles. The molecule has 162 valence electrons. The Morgan fingerprint density at radius 1 is 1.00 bits per heavy atom. The second kappa shape index (κ2) is 10.1. The molecule has 0 unspecified atom stereocenters. The molecule has 8 heteroatoms. The average molecular weight is 459 g/mol. The van der Waals surface area contributed by atoms with E-state index in [0.29, 0.717) is 24.5 Å². The van der Waals surface area contributed by atoms with Crippen molar-refractivity contribution >= 4 is 27.3 Å². The van der Waals surface area contributed by atoms with Crippen LogP contribution in [-0.2, 0) is 16.3 Å². The fraction of sp³-hybridized carbons (Fsp3) is 0.174. The third-order valence-electron chi connectivity index (χ3n) is 4.82. The summed E-state index contributed by atoms with van der Waals surface area (Å²) in [4.78, 5) is 11.5. The van der Waals surface area contributed by atoms with E-state index in [-0.39, 0.29) is 15.4 Å². The summed E-state index contributed by atoms with van der Waals surface area (Å²) in [6, 6.07) is 19.4. The Morgan fingerprint density at radius 2 is 1.71 bits per heavy atom. The molecular formula is C23H23ClN2O4S. The molecule has 0 aliphatic rings. The van der Waals surface area contributed by atoms with Crippen molar-refractivity contribution in [3.05, 3.63) is 94.5 Å². The zero-order valence-electron chi connectivity index (χ0n) is 16.7. The molecule has 4 N–H and O–H groups in total. The van der Waals surface area contributed by atoms with Gasteiger partial charge in [-0.05, 0) is 66.6 Å². The highest BCUT2D eigenvalue weighted by atomic mass is 35.5. The maximum atomic E-state index is 12.8. The fourth-order valence-electron chi connectivity index (χ4n) is 3.09. The van der Waals surface area contributed by atoms with E-state index in [2.05, 4.69) is 5.32 Å². The molecule has 0 aliphatic carbocycles. The van der Waals surface area contributed by atoms with Crippen molar-refractivity contribution in [3.8, 4) is 0 Å². The smallest absolute Gasteiger partial charge is 0.248 e. The van der Waals surface area contributed by atoms with Gasteiger partial charge in [0, 0.05) is 17.1 Å². The largest absolute Gasteiger partial charge is 0.387 e. The number of halogens is 1. The highest BCUT2D eigenvalue weighted by Gasteiger charge is 2.18. The predicted octanol–water partition coefficient (Wildman–Crippen LogP) is 3.14. The van der Waals surface area contributed by atoms with Crippen LogP contribution in [0.1, 0.15) is 27.6 Å². The van der Waals surface area contributed by atoms with E-state index in [1.54, 1.807) is 42.5 Å². The van der Waals surface area contributed by atoms with Crippen LogP contribution in [0.4, 0.5) is 0 Å². The van der Waals surface area contributed by atoms with Crippen molar-refractivity contribution in [2.24, 2.45) is 5.73 Å². The Hall–Kier alpha value is -2.71. The van der Waals surface area contributed by atoms with Gasteiger partial charge in [-0.15, -0.1) is 0 Å². The standard InChI is InChI=1S/C23H23ClN2O4S/c24-19-5-1-3-17(13-19)22(27)15-26-12-11-16-7-9-20(10-8-16)31(29,30)21-6-2-4-18(14-21)23(25)28/h1-10,13-14,22,26-27H,11-12,15H2,(H2,25,28)/t22-/m1/s1. The van der Waals surface area contributed by atoms with Gasteiger partial charge in [0.25, 0.3) is 0 Å². The minimum atomic E-state index is -3.75. The lowest BCUT2D eigenvalue weighted by Gasteiger charge is -2.13. The number of primary amides is 1. The summed E-state index contributed by atoms with van der Waals surface area (Å²) < 4.78 is 25.6. The molecule has 0 saturated carbocycles. The molecule has 0 bridgehead atoms. The molecule has 0 fully saturated rings. The van der Waals surface area contributed by atoms with E-state index in [1.165, 1.54) is 24.3 Å². The highest BCUT2D eigenvalue weighted by molar-refractivity contribution is 7.91. The Bertz CT molecular complexity index is 1160. The average Bonchev–Trinajstić information content (AvgIpc) is 2.77. The number of nitrogens with two attached hydrogens (primary N) is 1. The summed E-state index contributed by atoms with van der Waals surface area (Å²) in [6.45, 7) is 0.993. The number of sulfone groups is 1. The number of aliphatic hydroxyl groups excluding tert-OH is 1. The zero-order chi connectivity index (χ0) is 22.4. The third-order valence-corrected chi connectivity index (χ3v) is 6.83. The molecule has 3 rings (SSSR count). The Balaban J connectivity index is 1.57. The van der Waals surface area contributed by atoms with Gasteiger partial charge in [0.15, 0.2) is 0 Å². The molecule has 1 amide bonds. The van der Waals surface area contributed by atoms with Crippen molar-refractivity contribution < 1.29 is 18.3 Å². The summed E-state index contributed by atoms with van der Waals surface area (Å²) in [6.07, 6.45) is 0.00196. The van der Waals surface area contributed by atoms with E-state index < -0.39 is 21.8 Å². The minimum Gasteiger partial charge on any atom is -0.387 e. The van der Waals surface area contributed by atoms with Gasteiger partial charge in [-0.2, -0.15) is 0 Å². The minimum absolute atomic E-state index is 0.0215. The second-order valence-corrected chi connectivity index (χ2v) is 9.45. The van der Waals surface area contributed by atoms with Crippen LogP contribution in [0.2, 0.25) is 5.02 Å². The quantitative estimate of drug-likeness (QED) is 0.427. The van der Waals surface area contributed by atoms with Crippen LogP contribution >= 0.6 is 11.6 Å². The highest BCUT2D eigenvalue weighted by Crippen LogP contribution is 2.22. The summed E-state index contributed by atoms with van der Waals surface area (Å²) >= 11 is 5.94. The normalized spacial score (nSPS) is 12.5. The second-order valence-electron chi connectivity index (χ2n) is 7.06. The third kappa shape index (κ3) is 5.92. The maximum Gasteiger partial charge on any atom is 0.248 e. The van der Waals surface area contributed by atoms with E-state index in [4.69, 9.17) is 17.3 Å². The molecule has 0 spiro atoms. The number of amides is 1. The van der Waals surface area contributed by atoms with Gasteiger partial charge in [-0.3, -0.25) is 4.79 Å².